The van der Waals surface area contributed by atoms with E-state index in [1.165, 1.54) is 0 Å². The number of thioether (sulfide) groups is 1. The maximum absolute atomic E-state index is 11.9. The molecule has 0 bridgehead atoms. The van der Waals surface area contributed by atoms with Crippen LogP contribution in [0.1, 0.15) is 23.2 Å². The third-order valence-electron chi connectivity index (χ3n) is 2.62. The van der Waals surface area contributed by atoms with Crippen molar-refractivity contribution in [2.45, 2.75) is 12.8 Å². The predicted octanol–water partition coefficient (Wildman–Crippen LogP) is 3.38. The third kappa shape index (κ3) is 4.14. The van der Waals surface area contributed by atoms with E-state index in [-0.39, 0.29) is 22.8 Å². The Morgan fingerprint density at radius 1 is 1.39 bits per heavy atom. The fourth-order valence-corrected chi connectivity index (χ4v) is 2.58. The van der Waals surface area contributed by atoms with Crippen molar-refractivity contribution >= 4 is 39.6 Å². The van der Waals surface area contributed by atoms with Gasteiger partial charge in [0.1, 0.15) is 5.75 Å². The summed E-state index contributed by atoms with van der Waals surface area (Å²) in [6.45, 7) is 0.916. The van der Waals surface area contributed by atoms with Crippen LogP contribution in [0.3, 0.4) is 0 Å². The van der Waals surface area contributed by atoms with Gasteiger partial charge in [0.15, 0.2) is 5.78 Å². The molecule has 1 aromatic carbocycles. The number of rotatable bonds is 4. The fraction of sp³-hybridized carbons (Fsp3) is 0.385. The fourth-order valence-electron chi connectivity index (χ4n) is 1.64. The number of ether oxygens (including phenoxy) is 1. The number of aliphatic imine (C=N–C) groups is 1. The summed E-state index contributed by atoms with van der Waals surface area (Å²) in [5.74, 6) is 1.40. The maximum Gasteiger partial charge on any atom is 0.173 e. The van der Waals surface area contributed by atoms with Crippen LogP contribution in [0.2, 0.25) is 0 Å². The Balaban J connectivity index is 0.00000162. The van der Waals surface area contributed by atoms with E-state index < -0.39 is 0 Å². The third-order valence-corrected chi connectivity index (χ3v) is 3.69. The number of nitrogens with zero attached hydrogens (tertiary/aromatic N) is 1. The van der Waals surface area contributed by atoms with Crippen LogP contribution in [0, 0.1) is 0 Å². The Bertz CT molecular complexity index is 431. The van der Waals surface area contributed by atoms with Gasteiger partial charge in [0, 0.05) is 12.1 Å². The van der Waals surface area contributed by atoms with Gasteiger partial charge in [-0.05, 0) is 37.1 Å². The van der Waals surface area contributed by atoms with Crippen LogP contribution in [0.5, 0.6) is 5.75 Å². The first-order chi connectivity index (χ1) is 8.29. The van der Waals surface area contributed by atoms with Crippen LogP contribution in [0.25, 0.3) is 0 Å². The van der Waals surface area contributed by atoms with Crippen molar-refractivity contribution in [1.82, 2.24) is 0 Å². The van der Waals surface area contributed by atoms with Crippen molar-refractivity contribution in [3.8, 4) is 5.75 Å². The molecule has 0 fully saturated rings. The van der Waals surface area contributed by atoms with Gasteiger partial charge in [0.05, 0.1) is 17.9 Å². The highest BCUT2D eigenvalue weighted by atomic mass is 79.9. The molecule has 3 nitrogen and oxygen atoms in total. The number of carbonyl (C=O) groups is 1. The molecule has 98 valence electrons. The van der Waals surface area contributed by atoms with Crippen LogP contribution in [0.4, 0.5) is 0 Å². The van der Waals surface area contributed by atoms with E-state index in [0.29, 0.717) is 5.75 Å². The molecule has 0 aromatic heterocycles. The van der Waals surface area contributed by atoms with Crippen molar-refractivity contribution in [2.24, 2.45) is 4.99 Å². The maximum atomic E-state index is 11.9. The number of methoxy groups -OCH3 is 1. The van der Waals surface area contributed by atoms with Crippen LogP contribution in [-0.2, 0) is 0 Å². The minimum absolute atomic E-state index is 0. The molecule has 0 unspecified atom stereocenters. The number of halogens is 1. The second kappa shape index (κ2) is 7.59. The summed E-state index contributed by atoms with van der Waals surface area (Å²) in [7, 11) is 1.62. The van der Waals surface area contributed by atoms with Gasteiger partial charge in [0.25, 0.3) is 0 Å². The molecule has 0 atom stereocenters. The van der Waals surface area contributed by atoms with Gasteiger partial charge >= 0.3 is 0 Å². The van der Waals surface area contributed by atoms with Crippen LogP contribution in [-0.4, -0.2) is 30.2 Å². The number of benzene rings is 1. The first-order valence-corrected chi connectivity index (χ1v) is 6.61. The summed E-state index contributed by atoms with van der Waals surface area (Å²) >= 11 is 1.57. The summed E-state index contributed by atoms with van der Waals surface area (Å²) < 4.78 is 5.05. The molecule has 18 heavy (non-hydrogen) atoms. The Morgan fingerprint density at radius 3 is 2.67 bits per heavy atom. The Morgan fingerprint density at radius 2 is 2.11 bits per heavy atom. The van der Waals surface area contributed by atoms with Gasteiger partial charge in [-0.3, -0.25) is 9.79 Å². The summed E-state index contributed by atoms with van der Waals surface area (Å²) in [5.41, 5.74) is 0.733. The average molecular weight is 330 g/mol. The molecule has 0 saturated carbocycles. The minimum atomic E-state index is 0. The lowest BCUT2D eigenvalue weighted by Gasteiger charge is -2.03. The van der Waals surface area contributed by atoms with Gasteiger partial charge in [-0.15, -0.1) is 28.7 Å². The van der Waals surface area contributed by atoms with Crippen molar-refractivity contribution in [2.75, 3.05) is 19.4 Å². The largest absolute Gasteiger partial charge is 0.497 e. The zero-order chi connectivity index (χ0) is 12.1. The molecule has 1 aromatic rings. The van der Waals surface area contributed by atoms with Gasteiger partial charge in [-0.1, -0.05) is 0 Å². The van der Waals surface area contributed by atoms with E-state index in [0.717, 1.165) is 35.7 Å². The van der Waals surface area contributed by atoms with Gasteiger partial charge in [-0.25, -0.2) is 0 Å². The number of hydrogen-bond donors (Lipinski definition) is 0. The van der Waals surface area contributed by atoms with E-state index in [9.17, 15) is 4.79 Å². The number of Topliss-reactive ketones (excluding diaryl/α,β-unsaturated/α-hetero) is 1. The minimum Gasteiger partial charge on any atom is -0.497 e. The van der Waals surface area contributed by atoms with Crippen LogP contribution in [0.15, 0.2) is 29.3 Å². The molecule has 0 spiro atoms. The van der Waals surface area contributed by atoms with Crippen molar-refractivity contribution in [3.63, 3.8) is 0 Å². The SMILES string of the molecule is Br.COc1ccc(C(=O)CSC2=NCCC2)cc1. The van der Waals surface area contributed by atoms with E-state index in [4.69, 9.17) is 4.74 Å². The van der Waals surface area contributed by atoms with Gasteiger partial charge < -0.3 is 4.74 Å². The van der Waals surface area contributed by atoms with E-state index in [1.807, 2.05) is 12.1 Å². The molecule has 1 aliphatic heterocycles. The van der Waals surface area contributed by atoms with Gasteiger partial charge in [0.2, 0.25) is 0 Å². The normalized spacial score (nSPS) is 13.7. The highest BCUT2D eigenvalue weighted by Crippen LogP contribution is 2.18. The lowest BCUT2D eigenvalue weighted by molar-refractivity contribution is 0.102. The van der Waals surface area contributed by atoms with E-state index in [1.54, 1.807) is 31.0 Å². The summed E-state index contributed by atoms with van der Waals surface area (Å²) in [6.07, 6.45) is 2.15. The van der Waals surface area contributed by atoms with E-state index in [2.05, 4.69) is 4.99 Å². The molecule has 0 amide bonds. The first-order valence-electron chi connectivity index (χ1n) is 5.63. The lowest BCUT2D eigenvalue weighted by atomic mass is 10.1. The molecular formula is C13H16BrNO2S. The highest BCUT2D eigenvalue weighted by Gasteiger charge is 2.11. The summed E-state index contributed by atoms with van der Waals surface area (Å²) in [6, 6.07) is 7.23. The molecule has 5 heteroatoms. The number of carbonyl (C=O) groups excluding carboxylic acids is 1. The average Bonchev–Trinajstić information content (AvgIpc) is 2.89. The topological polar surface area (TPSA) is 38.7 Å². The molecular weight excluding hydrogens is 314 g/mol. The molecule has 2 rings (SSSR count). The standard InChI is InChI=1S/C13H15NO2S.BrH/c1-16-11-6-4-10(5-7-11)12(15)9-17-13-3-2-8-14-13;/h4-7H,2-3,8-9H2,1H3;1H. The number of ketones is 1. The predicted molar refractivity (Wildman–Crippen MR) is 81.6 cm³/mol. The summed E-state index contributed by atoms with van der Waals surface area (Å²) in [4.78, 5) is 16.2. The van der Waals surface area contributed by atoms with E-state index >= 15 is 0 Å². The summed E-state index contributed by atoms with van der Waals surface area (Å²) in [5, 5.41) is 1.12. The quantitative estimate of drug-likeness (QED) is 0.795. The van der Waals surface area contributed by atoms with Gasteiger partial charge in [-0.2, -0.15) is 0 Å². The van der Waals surface area contributed by atoms with Crippen molar-refractivity contribution < 1.29 is 9.53 Å². The lowest BCUT2D eigenvalue weighted by Crippen LogP contribution is -2.04. The Hall–Kier alpha value is -0.810. The molecule has 0 radical (unpaired) electrons. The monoisotopic (exact) mass is 329 g/mol. The zero-order valence-corrected chi connectivity index (χ0v) is 12.7. The van der Waals surface area contributed by atoms with Crippen LogP contribution < -0.4 is 4.74 Å². The molecule has 0 aliphatic carbocycles. The highest BCUT2D eigenvalue weighted by molar-refractivity contribution is 8.93. The Labute approximate surface area is 122 Å². The van der Waals surface area contributed by atoms with Crippen LogP contribution >= 0.6 is 28.7 Å². The Kier molecular flexibility index (Phi) is 6.43. The second-order valence-corrected chi connectivity index (χ2v) is 4.87. The number of hydrogen-bond acceptors (Lipinski definition) is 4. The zero-order valence-electron chi connectivity index (χ0n) is 10.2. The van der Waals surface area contributed by atoms with Crippen molar-refractivity contribution in [3.05, 3.63) is 29.8 Å². The molecule has 0 N–H and O–H groups in total. The van der Waals surface area contributed by atoms with Crippen molar-refractivity contribution in [1.29, 1.82) is 0 Å². The second-order valence-electron chi connectivity index (χ2n) is 3.82. The first kappa shape index (κ1) is 15.2. The molecule has 1 heterocycles. The molecule has 0 saturated heterocycles. The smallest absolute Gasteiger partial charge is 0.173 e. The molecule has 1 aliphatic rings.